The van der Waals surface area contributed by atoms with E-state index in [1.54, 1.807) is 12.1 Å². The van der Waals surface area contributed by atoms with Gasteiger partial charge in [-0.25, -0.2) is 13.8 Å². The fourth-order valence-corrected chi connectivity index (χ4v) is 2.49. The third-order valence-electron chi connectivity index (χ3n) is 4.00. The normalized spacial score (nSPS) is 10.4. The maximum absolute atomic E-state index is 14.6. The molecule has 8 N–H and O–H groups in total. The first-order valence-electron chi connectivity index (χ1n) is 8.74. The van der Waals surface area contributed by atoms with Gasteiger partial charge in [-0.2, -0.15) is 4.98 Å². The van der Waals surface area contributed by atoms with Crippen molar-refractivity contribution in [2.75, 3.05) is 0 Å². The van der Waals surface area contributed by atoms with Gasteiger partial charge in [0.15, 0.2) is 29.1 Å². The zero-order chi connectivity index (χ0) is 22.7. The molecule has 1 heterocycles. The van der Waals surface area contributed by atoms with Gasteiger partial charge in [-0.15, -0.1) is 0 Å². The van der Waals surface area contributed by atoms with Gasteiger partial charge < -0.3 is 31.8 Å². The first-order valence-corrected chi connectivity index (χ1v) is 8.74. The Labute approximate surface area is 175 Å². The second-order valence-corrected chi connectivity index (χ2v) is 6.31. The van der Waals surface area contributed by atoms with Gasteiger partial charge in [0.25, 0.3) is 11.8 Å². The van der Waals surface area contributed by atoms with Crippen molar-refractivity contribution in [2.24, 2.45) is 22.2 Å². The van der Waals surface area contributed by atoms with E-state index in [-0.39, 0.29) is 34.6 Å². The summed E-state index contributed by atoms with van der Waals surface area (Å²) in [6, 6.07) is 9.88. The highest BCUT2D eigenvalue weighted by atomic mass is 19.1. The highest BCUT2D eigenvalue weighted by molar-refractivity contribution is 5.95. The summed E-state index contributed by atoms with van der Waals surface area (Å²) >= 11 is 0. The van der Waals surface area contributed by atoms with E-state index >= 15 is 0 Å². The molecule has 0 aliphatic heterocycles. The number of halogens is 2. The quantitative estimate of drug-likeness (QED) is 0.297. The summed E-state index contributed by atoms with van der Waals surface area (Å²) in [4.78, 5) is 7.61. The molecule has 3 rings (SSSR count). The van der Waals surface area contributed by atoms with E-state index in [2.05, 4.69) is 9.98 Å². The molecule has 31 heavy (non-hydrogen) atoms. The van der Waals surface area contributed by atoms with Crippen molar-refractivity contribution in [3.8, 4) is 29.0 Å². The number of aromatic hydroxyl groups is 1. The lowest BCUT2D eigenvalue weighted by Gasteiger charge is -2.13. The monoisotopic (exact) mass is 428 g/mol. The molecule has 11 heteroatoms. The Bertz CT molecular complexity index is 1200. The minimum Gasteiger partial charge on any atom is -0.504 e. The van der Waals surface area contributed by atoms with Gasteiger partial charge in [0.05, 0.1) is 5.69 Å². The minimum atomic E-state index is -1.09. The zero-order valence-corrected chi connectivity index (χ0v) is 16.2. The molecule has 3 aromatic rings. The van der Waals surface area contributed by atoms with Crippen LogP contribution in [0.3, 0.4) is 0 Å². The van der Waals surface area contributed by atoms with Crippen LogP contribution < -0.4 is 26.7 Å². The van der Waals surface area contributed by atoms with Crippen molar-refractivity contribution >= 4 is 17.5 Å². The van der Waals surface area contributed by atoms with Crippen LogP contribution in [0, 0.1) is 24.0 Å². The van der Waals surface area contributed by atoms with Crippen LogP contribution in [-0.4, -0.2) is 21.9 Å². The average molecular weight is 428 g/mol. The Balaban J connectivity index is 1.99. The molecule has 0 amide bonds. The van der Waals surface area contributed by atoms with Crippen LogP contribution in [0.2, 0.25) is 0 Å². The Morgan fingerprint density at radius 1 is 1.03 bits per heavy atom. The number of amidine groups is 1. The van der Waals surface area contributed by atoms with Crippen molar-refractivity contribution in [1.29, 1.82) is 5.41 Å². The van der Waals surface area contributed by atoms with Gasteiger partial charge in [0, 0.05) is 17.2 Å². The average Bonchev–Trinajstić information content (AvgIpc) is 2.71. The maximum atomic E-state index is 14.6. The number of hydrogen-bond donors (Lipinski definition) is 5. The predicted molar refractivity (Wildman–Crippen MR) is 110 cm³/mol. The first-order chi connectivity index (χ1) is 14.7. The molecule has 0 spiro atoms. The highest BCUT2D eigenvalue weighted by Crippen LogP contribution is 2.36. The van der Waals surface area contributed by atoms with Gasteiger partial charge in [-0.3, -0.25) is 5.41 Å². The highest BCUT2D eigenvalue weighted by Gasteiger charge is 2.22. The summed E-state index contributed by atoms with van der Waals surface area (Å²) < 4.78 is 39.9. The number of nitrogens with zero attached hydrogens (tertiary/aromatic N) is 2. The second kappa shape index (κ2) is 8.53. The number of rotatable bonds is 6. The van der Waals surface area contributed by atoms with Crippen molar-refractivity contribution < 1.29 is 23.4 Å². The number of hydrogen-bond acceptors (Lipinski definition) is 6. The number of pyridine rings is 1. The van der Waals surface area contributed by atoms with E-state index in [0.29, 0.717) is 5.69 Å². The molecule has 0 fully saturated rings. The van der Waals surface area contributed by atoms with Crippen LogP contribution in [0.25, 0.3) is 0 Å². The molecular weight excluding hydrogens is 410 g/mol. The standard InChI is InChI=1S/C20H18F2N6O3/c1-9-15(21)18(30-12-4-2-3-11(8-12)27-20(25)26)28-19(16(9)22)31-14-7-10(17(23)24)5-6-13(14)29/h2-8,29H,1H3,(H3,23,24)(H4,25,26,27). The van der Waals surface area contributed by atoms with Gasteiger partial charge in [-0.05, 0) is 37.3 Å². The van der Waals surface area contributed by atoms with Gasteiger partial charge in [0.2, 0.25) is 0 Å². The van der Waals surface area contributed by atoms with Crippen LogP contribution in [0.4, 0.5) is 14.5 Å². The smallest absolute Gasteiger partial charge is 0.259 e. The maximum Gasteiger partial charge on any atom is 0.259 e. The van der Waals surface area contributed by atoms with Crippen LogP contribution in [0.5, 0.6) is 29.0 Å². The second-order valence-electron chi connectivity index (χ2n) is 6.31. The molecule has 0 aliphatic rings. The molecule has 160 valence electrons. The van der Waals surface area contributed by atoms with E-state index in [0.717, 1.165) is 0 Å². The van der Waals surface area contributed by atoms with Gasteiger partial charge in [-0.1, -0.05) is 6.07 Å². The minimum absolute atomic E-state index is 0.132. The summed E-state index contributed by atoms with van der Waals surface area (Å²) in [5, 5.41) is 17.4. The Hall–Kier alpha value is -4.41. The summed E-state index contributed by atoms with van der Waals surface area (Å²) in [7, 11) is 0. The summed E-state index contributed by atoms with van der Waals surface area (Å²) in [5.41, 5.74) is 16.2. The fourth-order valence-electron chi connectivity index (χ4n) is 2.49. The molecule has 0 radical (unpaired) electrons. The number of nitrogens with one attached hydrogen (secondary N) is 1. The van der Waals surface area contributed by atoms with Crippen LogP contribution in [0.1, 0.15) is 11.1 Å². The molecular formula is C20H18F2N6O3. The number of aromatic nitrogens is 1. The number of ether oxygens (including phenoxy) is 2. The van der Waals surface area contributed by atoms with Crippen molar-refractivity contribution in [3.63, 3.8) is 0 Å². The Kier molecular flexibility index (Phi) is 5.86. The van der Waals surface area contributed by atoms with E-state index in [9.17, 15) is 13.9 Å². The number of guanidine groups is 1. The number of nitrogens with two attached hydrogens (primary N) is 3. The molecule has 2 aromatic carbocycles. The molecule has 0 saturated heterocycles. The number of aliphatic imine (C=N–C) groups is 1. The van der Waals surface area contributed by atoms with Crippen LogP contribution in [0.15, 0.2) is 47.5 Å². The Morgan fingerprint density at radius 2 is 1.71 bits per heavy atom. The molecule has 0 unspecified atom stereocenters. The van der Waals surface area contributed by atoms with Crippen molar-refractivity contribution in [3.05, 3.63) is 65.2 Å². The zero-order valence-electron chi connectivity index (χ0n) is 16.2. The Morgan fingerprint density at radius 3 is 2.35 bits per heavy atom. The topological polar surface area (TPSA) is 166 Å². The lowest BCUT2D eigenvalue weighted by molar-refractivity contribution is 0.358. The molecule has 0 atom stereocenters. The molecule has 0 saturated carbocycles. The number of phenolic OH excluding ortho intramolecular Hbond substituents is 1. The fraction of sp³-hybridized carbons (Fsp3) is 0.0500. The van der Waals surface area contributed by atoms with E-state index < -0.39 is 29.0 Å². The summed E-state index contributed by atoms with van der Waals surface area (Å²) in [5.74, 6) is -4.28. The van der Waals surface area contributed by atoms with Gasteiger partial charge >= 0.3 is 0 Å². The van der Waals surface area contributed by atoms with E-state index in [1.807, 2.05) is 0 Å². The van der Waals surface area contributed by atoms with E-state index in [4.69, 9.17) is 32.1 Å². The van der Waals surface area contributed by atoms with Gasteiger partial charge in [0.1, 0.15) is 11.6 Å². The van der Waals surface area contributed by atoms with Crippen molar-refractivity contribution in [2.45, 2.75) is 6.92 Å². The third kappa shape index (κ3) is 4.78. The first kappa shape index (κ1) is 21.3. The van der Waals surface area contributed by atoms with Crippen LogP contribution >= 0.6 is 0 Å². The van der Waals surface area contributed by atoms with Crippen LogP contribution in [-0.2, 0) is 0 Å². The largest absolute Gasteiger partial charge is 0.504 e. The predicted octanol–water partition coefficient (Wildman–Crippen LogP) is 3.15. The number of nitrogen functional groups attached to an aromatic ring is 1. The van der Waals surface area contributed by atoms with Crippen molar-refractivity contribution in [1.82, 2.24) is 4.98 Å². The lowest BCUT2D eigenvalue weighted by Crippen LogP contribution is -2.21. The summed E-state index contributed by atoms with van der Waals surface area (Å²) in [6.07, 6.45) is 0. The molecule has 0 bridgehead atoms. The number of phenols is 1. The molecule has 9 nitrogen and oxygen atoms in total. The number of benzene rings is 2. The molecule has 0 aliphatic carbocycles. The SMILES string of the molecule is Cc1c(F)c(Oc2cccc(N=C(N)N)c2)nc(Oc2cc(C(=N)N)ccc2O)c1F. The molecule has 1 aromatic heterocycles. The van der Waals surface area contributed by atoms with E-state index in [1.165, 1.54) is 37.3 Å². The summed E-state index contributed by atoms with van der Waals surface area (Å²) in [6.45, 7) is 1.17. The third-order valence-corrected chi connectivity index (χ3v) is 4.00. The lowest BCUT2D eigenvalue weighted by atomic mass is 10.2.